The molecule has 1 heterocycles. The molecule has 1 aliphatic rings. The number of rotatable bonds is 9. The molecule has 2 atom stereocenters. The van der Waals surface area contributed by atoms with Crippen LogP contribution in [0.25, 0.3) is 0 Å². The molecule has 152 valence electrons. The SMILES string of the molecule is O=C(CCC1NC(=O)N(Cc2ccccc2)C1=O)N[C@H](CO)Cc1ccccc1. The fourth-order valence-electron chi connectivity index (χ4n) is 3.32. The van der Waals surface area contributed by atoms with Gasteiger partial charge in [-0.1, -0.05) is 60.7 Å². The third-order valence-corrected chi connectivity index (χ3v) is 4.86. The molecule has 2 aromatic carbocycles. The third-order valence-electron chi connectivity index (χ3n) is 4.86. The van der Waals surface area contributed by atoms with Gasteiger partial charge >= 0.3 is 6.03 Å². The van der Waals surface area contributed by atoms with Crippen LogP contribution >= 0.6 is 0 Å². The smallest absolute Gasteiger partial charge is 0.325 e. The van der Waals surface area contributed by atoms with Crippen molar-refractivity contribution in [2.75, 3.05) is 6.61 Å². The molecule has 1 aliphatic heterocycles. The number of carbonyl (C=O) groups is 3. The van der Waals surface area contributed by atoms with Crippen molar-refractivity contribution in [2.45, 2.75) is 37.9 Å². The van der Waals surface area contributed by atoms with E-state index in [0.717, 1.165) is 11.1 Å². The van der Waals surface area contributed by atoms with E-state index in [1.54, 1.807) is 0 Å². The monoisotopic (exact) mass is 395 g/mol. The van der Waals surface area contributed by atoms with Crippen molar-refractivity contribution in [3.63, 3.8) is 0 Å². The Hall–Kier alpha value is -3.19. The lowest BCUT2D eigenvalue weighted by atomic mass is 10.1. The standard InChI is InChI=1S/C22H25N3O4/c26-15-18(13-16-7-3-1-4-8-16)23-20(27)12-11-19-21(28)25(22(29)24-19)14-17-9-5-2-6-10-17/h1-10,18-19,26H,11-15H2,(H,23,27)(H,24,29)/t18-,19?/m0/s1. The molecule has 0 saturated carbocycles. The first-order chi connectivity index (χ1) is 14.1. The number of amides is 4. The van der Waals surface area contributed by atoms with Gasteiger partial charge in [-0.15, -0.1) is 0 Å². The van der Waals surface area contributed by atoms with Crippen LogP contribution in [0.5, 0.6) is 0 Å². The molecular weight excluding hydrogens is 370 g/mol. The second kappa shape index (κ2) is 9.84. The summed E-state index contributed by atoms with van der Waals surface area (Å²) in [7, 11) is 0. The van der Waals surface area contributed by atoms with Gasteiger partial charge in [0.2, 0.25) is 5.91 Å². The lowest BCUT2D eigenvalue weighted by molar-refractivity contribution is -0.128. The van der Waals surface area contributed by atoms with Gasteiger partial charge in [-0.2, -0.15) is 0 Å². The molecule has 29 heavy (non-hydrogen) atoms. The minimum Gasteiger partial charge on any atom is -0.394 e. The summed E-state index contributed by atoms with van der Waals surface area (Å²) in [5.74, 6) is -0.585. The van der Waals surface area contributed by atoms with Crippen LogP contribution in [0.15, 0.2) is 60.7 Å². The number of aliphatic hydroxyl groups excluding tert-OH is 1. The van der Waals surface area contributed by atoms with Crippen LogP contribution in [0.1, 0.15) is 24.0 Å². The van der Waals surface area contributed by atoms with Gasteiger partial charge in [0.25, 0.3) is 5.91 Å². The zero-order valence-corrected chi connectivity index (χ0v) is 16.1. The van der Waals surface area contributed by atoms with Crippen LogP contribution in [-0.4, -0.2) is 46.5 Å². The second-order valence-electron chi connectivity index (χ2n) is 7.09. The van der Waals surface area contributed by atoms with Gasteiger partial charge in [-0.05, 0) is 24.0 Å². The highest BCUT2D eigenvalue weighted by atomic mass is 16.3. The molecule has 1 fully saturated rings. The number of nitrogens with one attached hydrogen (secondary N) is 2. The number of imide groups is 1. The molecule has 1 saturated heterocycles. The Bertz CT molecular complexity index is 842. The summed E-state index contributed by atoms with van der Waals surface area (Å²) in [6.45, 7) is 0.0302. The second-order valence-corrected chi connectivity index (χ2v) is 7.09. The fraction of sp³-hybridized carbons (Fsp3) is 0.318. The first-order valence-electron chi connectivity index (χ1n) is 9.66. The highest BCUT2D eigenvalue weighted by Crippen LogP contribution is 2.15. The molecule has 0 spiro atoms. The van der Waals surface area contributed by atoms with E-state index in [1.165, 1.54) is 4.90 Å². The van der Waals surface area contributed by atoms with E-state index >= 15 is 0 Å². The lowest BCUT2D eigenvalue weighted by Crippen LogP contribution is -2.40. The van der Waals surface area contributed by atoms with E-state index in [2.05, 4.69) is 10.6 Å². The van der Waals surface area contributed by atoms with Gasteiger partial charge in [0, 0.05) is 6.42 Å². The predicted molar refractivity (Wildman–Crippen MR) is 108 cm³/mol. The van der Waals surface area contributed by atoms with Crippen LogP contribution < -0.4 is 10.6 Å². The topological polar surface area (TPSA) is 98.7 Å². The minimum absolute atomic E-state index is 0.0845. The van der Waals surface area contributed by atoms with Crippen LogP contribution in [0.2, 0.25) is 0 Å². The Morgan fingerprint density at radius 2 is 1.66 bits per heavy atom. The van der Waals surface area contributed by atoms with E-state index in [9.17, 15) is 19.5 Å². The zero-order valence-electron chi connectivity index (χ0n) is 16.1. The number of hydrogen-bond acceptors (Lipinski definition) is 4. The number of hydrogen-bond donors (Lipinski definition) is 3. The van der Waals surface area contributed by atoms with Crippen LogP contribution in [0.4, 0.5) is 4.79 Å². The Labute approximate surface area is 169 Å². The summed E-state index contributed by atoms with van der Waals surface area (Å²) in [6, 6.07) is 17.3. The number of urea groups is 1. The van der Waals surface area contributed by atoms with Gasteiger partial charge in [0.05, 0.1) is 19.2 Å². The Balaban J connectivity index is 1.48. The third kappa shape index (κ3) is 5.65. The van der Waals surface area contributed by atoms with Crippen LogP contribution in [0.3, 0.4) is 0 Å². The predicted octanol–water partition coefficient (Wildman–Crippen LogP) is 1.61. The zero-order chi connectivity index (χ0) is 20.6. The fourth-order valence-corrected chi connectivity index (χ4v) is 3.32. The van der Waals surface area contributed by atoms with E-state index in [1.807, 2.05) is 60.7 Å². The molecule has 4 amide bonds. The van der Waals surface area contributed by atoms with Crippen molar-refractivity contribution in [3.05, 3.63) is 71.8 Å². The van der Waals surface area contributed by atoms with E-state index < -0.39 is 18.1 Å². The molecule has 1 unspecified atom stereocenters. The number of benzene rings is 2. The molecule has 2 aromatic rings. The quantitative estimate of drug-likeness (QED) is 0.562. The summed E-state index contributed by atoms with van der Waals surface area (Å²) in [5.41, 5.74) is 1.88. The highest BCUT2D eigenvalue weighted by Gasteiger charge is 2.37. The summed E-state index contributed by atoms with van der Waals surface area (Å²) in [6.07, 6.45) is 0.819. The van der Waals surface area contributed by atoms with Gasteiger partial charge < -0.3 is 15.7 Å². The van der Waals surface area contributed by atoms with Gasteiger partial charge in [-0.25, -0.2) is 4.79 Å². The van der Waals surface area contributed by atoms with Crippen molar-refractivity contribution in [2.24, 2.45) is 0 Å². The Kier molecular flexibility index (Phi) is 6.97. The lowest BCUT2D eigenvalue weighted by Gasteiger charge is -2.17. The molecule has 0 aliphatic carbocycles. The van der Waals surface area contributed by atoms with Crippen molar-refractivity contribution >= 4 is 17.8 Å². The first kappa shape index (κ1) is 20.5. The summed E-state index contributed by atoms with van der Waals surface area (Å²) in [5, 5.41) is 15.0. The average Bonchev–Trinajstić information content (AvgIpc) is 3.01. The van der Waals surface area contributed by atoms with Crippen molar-refractivity contribution in [1.29, 1.82) is 0 Å². The number of nitrogens with zero attached hydrogens (tertiary/aromatic N) is 1. The van der Waals surface area contributed by atoms with E-state index in [0.29, 0.717) is 6.42 Å². The first-order valence-corrected chi connectivity index (χ1v) is 9.66. The van der Waals surface area contributed by atoms with Gasteiger partial charge in [0.15, 0.2) is 0 Å². The highest BCUT2D eigenvalue weighted by molar-refractivity contribution is 6.04. The molecule has 3 rings (SSSR count). The number of aliphatic hydroxyl groups is 1. The summed E-state index contributed by atoms with van der Waals surface area (Å²) >= 11 is 0. The molecule has 0 radical (unpaired) electrons. The maximum atomic E-state index is 12.5. The maximum absolute atomic E-state index is 12.5. The maximum Gasteiger partial charge on any atom is 0.325 e. The van der Waals surface area contributed by atoms with Crippen molar-refractivity contribution in [3.8, 4) is 0 Å². The molecule has 0 aromatic heterocycles. The van der Waals surface area contributed by atoms with Gasteiger partial charge in [0.1, 0.15) is 6.04 Å². The largest absolute Gasteiger partial charge is 0.394 e. The molecular formula is C22H25N3O4. The number of carbonyl (C=O) groups excluding carboxylic acids is 3. The van der Waals surface area contributed by atoms with E-state index in [4.69, 9.17) is 0 Å². The average molecular weight is 395 g/mol. The normalized spacial score (nSPS) is 17.1. The van der Waals surface area contributed by atoms with E-state index in [-0.39, 0.29) is 37.8 Å². The van der Waals surface area contributed by atoms with Crippen molar-refractivity contribution < 1.29 is 19.5 Å². The van der Waals surface area contributed by atoms with Crippen LogP contribution in [0, 0.1) is 0 Å². The molecule has 7 heteroatoms. The summed E-state index contributed by atoms with van der Waals surface area (Å²) in [4.78, 5) is 38.1. The van der Waals surface area contributed by atoms with Crippen molar-refractivity contribution in [1.82, 2.24) is 15.5 Å². The Morgan fingerprint density at radius 1 is 1.03 bits per heavy atom. The molecule has 3 N–H and O–H groups in total. The summed E-state index contributed by atoms with van der Waals surface area (Å²) < 4.78 is 0. The van der Waals surface area contributed by atoms with Gasteiger partial charge in [-0.3, -0.25) is 14.5 Å². The Morgan fingerprint density at radius 3 is 2.28 bits per heavy atom. The minimum atomic E-state index is -0.710. The molecule has 0 bridgehead atoms. The van der Waals surface area contributed by atoms with Crippen LogP contribution in [-0.2, 0) is 22.6 Å². The molecule has 7 nitrogen and oxygen atoms in total.